The number of halogens is 1. The highest BCUT2D eigenvalue weighted by molar-refractivity contribution is 7.89. The Hall–Kier alpha value is -2.58. The first kappa shape index (κ1) is 18.8. The second kappa shape index (κ2) is 7.44. The van der Waals surface area contributed by atoms with E-state index < -0.39 is 15.8 Å². The average molecular weight is 401 g/mol. The van der Waals surface area contributed by atoms with Crippen molar-refractivity contribution < 1.29 is 17.3 Å². The number of sulfonamides is 1. The number of hydrogen-bond acceptors (Lipinski definition) is 5. The normalized spacial score (nSPS) is 16.4. The maximum absolute atomic E-state index is 13.4. The Kier molecular flexibility index (Phi) is 4.99. The van der Waals surface area contributed by atoms with Gasteiger partial charge in [-0.05, 0) is 49.6 Å². The van der Waals surface area contributed by atoms with Crippen molar-refractivity contribution in [3.05, 3.63) is 65.7 Å². The Morgan fingerprint density at radius 1 is 1.11 bits per heavy atom. The molecule has 0 unspecified atom stereocenters. The molecule has 28 heavy (non-hydrogen) atoms. The molecule has 0 spiro atoms. The van der Waals surface area contributed by atoms with Gasteiger partial charge in [-0.3, -0.25) is 0 Å². The number of nitrogens with zero attached hydrogens (tertiary/aromatic N) is 3. The Labute approximate surface area is 163 Å². The number of piperidine rings is 1. The fourth-order valence-electron chi connectivity index (χ4n) is 3.45. The van der Waals surface area contributed by atoms with Gasteiger partial charge in [-0.25, -0.2) is 12.8 Å². The van der Waals surface area contributed by atoms with Crippen molar-refractivity contribution in [1.82, 2.24) is 14.4 Å². The highest BCUT2D eigenvalue weighted by Crippen LogP contribution is 2.31. The van der Waals surface area contributed by atoms with E-state index in [9.17, 15) is 12.8 Å². The standard InChI is InChI=1S/C20H20FN3O3S/c1-14-5-2-3-8-18(14)20-22-19(23-27-20)15-9-11-24(12-10-15)28(25,26)17-7-4-6-16(21)13-17/h2-8,13,15H,9-12H2,1H3. The Balaban J connectivity index is 1.47. The van der Waals surface area contributed by atoms with Gasteiger partial charge in [0.05, 0.1) is 4.90 Å². The molecular weight excluding hydrogens is 381 g/mol. The lowest BCUT2D eigenvalue weighted by Gasteiger charge is -2.29. The summed E-state index contributed by atoms with van der Waals surface area (Å²) < 4.78 is 45.7. The summed E-state index contributed by atoms with van der Waals surface area (Å²) in [7, 11) is -3.70. The van der Waals surface area contributed by atoms with Crippen LogP contribution < -0.4 is 0 Å². The molecule has 0 saturated carbocycles. The number of aryl methyl sites for hydroxylation is 1. The first-order valence-electron chi connectivity index (χ1n) is 9.10. The van der Waals surface area contributed by atoms with Gasteiger partial charge in [0.1, 0.15) is 5.82 Å². The predicted octanol–water partition coefficient (Wildman–Crippen LogP) is 3.75. The number of benzene rings is 2. The van der Waals surface area contributed by atoms with Gasteiger partial charge in [-0.2, -0.15) is 9.29 Å². The van der Waals surface area contributed by atoms with E-state index in [1.165, 1.54) is 22.5 Å². The van der Waals surface area contributed by atoms with Gasteiger partial charge in [0, 0.05) is 24.6 Å². The first-order valence-corrected chi connectivity index (χ1v) is 10.5. The molecule has 0 N–H and O–H groups in total. The van der Waals surface area contributed by atoms with E-state index in [4.69, 9.17) is 4.52 Å². The van der Waals surface area contributed by atoms with Crippen LogP contribution in [-0.2, 0) is 10.0 Å². The summed E-state index contributed by atoms with van der Waals surface area (Å²) >= 11 is 0. The lowest BCUT2D eigenvalue weighted by molar-refractivity contribution is 0.307. The second-order valence-electron chi connectivity index (χ2n) is 6.91. The molecule has 3 aromatic rings. The molecule has 1 aliphatic heterocycles. The molecule has 6 nitrogen and oxygen atoms in total. The van der Waals surface area contributed by atoms with E-state index in [0.29, 0.717) is 37.6 Å². The lowest BCUT2D eigenvalue weighted by Crippen LogP contribution is -2.38. The molecule has 8 heteroatoms. The van der Waals surface area contributed by atoms with Crippen molar-refractivity contribution in [3.8, 4) is 11.5 Å². The number of aromatic nitrogens is 2. The molecule has 0 bridgehead atoms. The van der Waals surface area contributed by atoms with Gasteiger partial charge < -0.3 is 4.52 Å². The van der Waals surface area contributed by atoms with Crippen LogP contribution in [-0.4, -0.2) is 36.0 Å². The minimum absolute atomic E-state index is 0.0210. The summed E-state index contributed by atoms with van der Waals surface area (Å²) in [4.78, 5) is 4.51. The molecule has 1 fully saturated rings. The zero-order chi connectivity index (χ0) is 19.7. The summed E-state index contributed by atoms with van der Waals surface area (Å²) in [6.45, 7) is 2.64. The summed E-state index contributed by atoms with van der Waals surface area (Å²) in [5.74, 6) is 0.538. The van der Waals surface area contributed by atoms with Crippen molar-refractivity contribution in [2.24, 2.45) is 0 Å². The van der Waals surface area contributed by atoms with E-state index in [1.807, 2.05) is 31.2 Å². The zero-order valence-corrected chi connectivity index (χ0v) is 16.2. The van der Waals surface area contributed by atoms with Gasteiger partial charge in [-0.1, -0.05) is 29.4 Å². The van der Waals surface area contributed by atoms with Gasteiger partial charge in [0.25, 0.3) is 5.89 Å². The summed E-state index contributed by atoms with van der Waals surface area (Å²) in [5, 5.41) is 4.11. The Morgan fingerprint density at radius 3 is 2.57 bits per heavy atom. The average Bonchev–Trinajstić information content (AvgIpc) is 3.18. The number of hydrogen-bond donors (Lipinski definition) is 0. The molecule has 0 atom stereocenters. The molecule has 1 aromatic heterocycles. The van der Waals surface area contributed by atoms with E-state index >= 15 is 0 Å². The highest BCUT2D eigenvalue weighted by Gasteiger charge is 2.32. The molecule has 0 aliphatic carbocycles. The molecule has 146 valence electrons. The molecule has 0 radical (unpaired) electrons. The summed E-state index contributed by atoms with van der Waals surface area (Å²) in [5.41, 5.74) is 1.95. The largest absolute Gasteiger partial charge is 0.334 e. The summed E-state index contributed by atoms with van der Waals surface area (Å²) in [6.07, 6.45) is 1.17. The first-order chi connectivity index (χ1) is 13.4. The molecule has 1 aliphatic rings. The van der Waals surface area contributed by atoms with Crippen molar-refractivity contribution in [2.45, 2.75) is 30.6 Å². The van der Waals surface area contributed by atoms with E-state index in [0.717, 1.165) is 17.2 Å². The quantitative estimate of drug-likeness (QED) is 0.665. The minimum atomic E-state index is -3.70. The van der Waals surface area contributed by atoms with Crippen LogP contribution in [0.25, 0.3) is 11.5 Å². The minimum Gasteiger partial charge on any atom is -0.334 e. The predicted molar refractivity (Wildman–Crippen MR) is 102 cm³/mol. The van der Waals surface area contributed by atoms with Crippen LogP contribution in [0.4, 0.5) is 4.39 Å². The Bertz CT molecular complexity index is 1090. The van der Waals surface area contributed by atoms with Crippen LogP contribution in [0.2, 0.25) is 0 Å². The van der Waals surface area contributed by atoms with E-state index in [2.05, 4.69) is 10.1 Å². The third-order valence-corrected chi connectivity index (χ3v) is 6.96. The van der Waals surface area contributed by atoms with Crippen LogP contribution in [0.15, 0.2) is 57.9 Å². The zero-order valence-electron chi connectivity index (χ0n) is 15.4. The van der Waals surface area contributed by atoms with Crippen LogP contribution in [0, 0.1) is 12.7 Å². The SMILES string of the molecule is Cc1ccccc1-c1nc(C2CCN(S(=O)(=O)c3cccc(F)c3)CC2)no1. The van der Waals surface area contributed by atoms with E-state index in [1.54, 1.807) is 0 Å². The van der Waals surface area contributed by atoms with Crippen molar-refractivity contribution in [3.63, 3.8) is 0 Å². The van der Waals surface area contributed by atoms with Crippen molar-refractivity contribution in [2.75, 3.05) is 13.1 Å². The maximum Gasteiger partial charge on any atom is 0.258 e. The fraction of sp³-hybridized carbons (Fsp3) is 0.300. The van der Waals surface area contributed by atoms with Gasteiger partial charge >= 0.3 is 0 Å². The smallest absolute Gasteiger partial charge is 0.258 e. The lowest BCUT2D eigenvalue weighted by atomic mass is 9.97. The Morgan fingerprint density at radius 2 is 1.86 bits per heavy atom. The van der Waals surface area contributed by atoms with E-state index in [-0.39, 0.29) is 10.8 Å². The van der Waals surface area contributed by atoms with Gasteiger partial charge in [0.15, 0.2) is 5.82 Å². The highest BCUT2D eigenvalue weighted by atomic mass is 32.2. The van der Waals surface area contributed by atoms with Gasteiger partial charge in [0.2, 0.25) is 10.0 Å². The van der Waals surface area contributed by atoms with Crippen molar-refractivity contribution in [1.29, 1.82) is 0 Å². The molecule has 2 heterocycles. The third kappa shape index (κ3) is 3.57. The van der Waals surface area contributed by atoms with Crippen LogP contribution in [0.5, 0.6) is 0 Å². The molecule has 1 saturated heterocycles. The van der Waals surface area contributed by atoms with Crippen LogP contribution in [0.1, 0.15) is 30.1 Å². The van der Waals surface area contributed by atoms with Crippen molar-refractivity contribution >= 4 is 10.0 Å². The summed E-state index contributed by atoms with van der Waals surface area (Å²) in [6, 6.07) is 12.9. The molecule has 4 rings (SSSR count). The molecule has 0 amide bonds. The topological polar surface area (TPSA) is 76.3 Å². The van der Waals surface area contributed by atoms with Gasteiger partial charge in [-0.15, -0.1) is 0 Å². The van der Waals surface area contributed by atoms with Crippen LogP contribution in [0.3, 0.4) is 0 Å². The fourth-order valence-corrected chi connectivity index (χ4v) is 4.96. The maximum atomic E-state index is 13.4. The monoisotopic (exact) mass is 401 g/mol. The third-order valence-electron chi connectivity index (χ3n) is 5.07. The molecule has 2 aromatic carbocycles. The van der Waals surface area contributed by atoms with Crippen LogP contribution >= 0.6 is 0 Å². The second-order valence-corrected chi connectivity index (χ2v) is 8.85. The number of rotatable bonds is 4. The molecular formula is C20H20FN3O3S.